The van der Waals surface area contributed by atoms with Crippen molar-refractivity contribution in [2.45, 2.75) is 0 Å². The van der Waals surface area contributed by atoms with Crippen molar-refractivity contribution in [1.29, 1.82) is 10.5 Å². The molecular formula is C50H30N4O2. The van der Waals surface area contributed by atoms with Crippen LogP contribution in [-0.2, 0) is 0 Å². The summed E-state index contributed by atoms with van der Waals surface area (Å²) in [6.45, 7) is 0. The summed E-state index contributed by atoms with van der Waals surface area (Å²) in [4.78, 5) is 4.39. The second-order valence-corrected chi connectivity index (χ2v) is 13.5. The third-order valence-corrected chi connectivity index (χ3v) is 10.3. The number of hydrogen-bond donors (Lipinski definition) is 0. The van der Waals surface area contributed by atoms with Crippen molar-refractivity contribution >= 4 is 78.0 Å². The van der Waals surface area contributed by atoms with E-state index in [9.17, 15) is 10.5 Å². The highest BCUT2D eigenvalue weighted by molar-refractivity contribution is 6.12. The summed E-state index contributed by atoms with van der Waals surface area (Å²) in [5, 5.41) is 23.4. The second kappa shape index (κ2) is 13.4. The van der Waals surface area contributed by atoms with Crippen molar-refractivity contribution in [3.05, 3.63) is 193 Å². The normalized spacial score (nSPS) is 11.2. The first kappa shape index (κ1) is 32.6. The maximum atomic E-state index is 9.81. The van der Waals surface area contributed by atoms with E-state index in [1.54, 1.807) is 12.1 Å². The van der Waals surface area contributed by atoms with Crippen molar-refractivity contribution < 1.29 is 8.83 Å². The first-order chi connectivity index (χ1) is 27.7. The lowest BCUT2D eigenvalue weighted by Crippen LogP contribution is -2.10. The van der Waals surface area contributed by atoms with E-state index in [0.29, 0.717) is 22.3 Å². The molecule has 10 rings (SSSR count). The highest BCUT2D eigenvalue weighted by atomic mass is 16.3. The number of fused-ring (bicyclic) bond motifs is 6. The number of benzene rings is 8. The van der Waals surface area contributed by atoms with Gasteiger partial charge in [0.1, 0.15) is 12.1 Å². The van der Waals surface area contributed by atoms with Crippen molar-refractivity contribution in [1.82, 2.24) is 0 Å². The minimum Gasteiger partial charge on any atom is -0.452 e. The van der Waals surface area contributed by atoms with E-state index in [0.717, 1.165) is 78.0 Å². The van der Waals surface area contributed by atoms with Gasteiger partial charge in [-0.05, 0) is 83.9 Å². The van der Waals surface area contributed by atoms with Crippen molar-refractivity contribution in [3.63, 3.8) is 0 Å². The van der Waals surface area contributed by atoms with Crippen LogP contribution in [0.5, 0.6) is 0 Å². The molecule has 0 aliphatic heterocycles. The number of hydrogen-bond acceptors (Lipinski definition) is 6. The standard InChI is InChI=1S/C50H30N4O2/c51-31-35-11-7-17-41-43-19-9-21-45(49(43)55-47(35)41)53(37-13-3-1-4-14-37)39-27-23-33(24-28-39)34-25-29-40(30-26-34)54(38-15-5-2-6-16-38)46-22-10-20-44-42-18-8-12-36(32-52)48(42)56-50(44)46/h1-30H. The van der Waals surface area contributed by atoms with Crippen molar-refractivity contribution in [3.8, 4) is 23.3 Å². The van der Waals surface area contributed by atoms with E-state index in [4.69, 9.17) is 8.83 Å². The SMILES string of the molecule is N#Cc1cccc2c1oc1c(N(c3ccccc3)c3ccc(-c4ccc(N(c5ccccc5)c5cccc6c5oc5c(C#N)cccc56)cc4)cc3)cccc12. The highest BCUT2D eigenvalue weighted by Crippen LogP contribution is 2.45. The molecule has 0 atom stereocenters. The van der Waals surface area contributed by atoms with E-state index in [1.807, 2.05) is 84.9 Å². The molecule has 0 saturated carbocycles. The fourth-order valence-corrected chi connectivity index (χ4v) is 7.75. The van der Waals surface area contributed by atoms with Gasteiger partial charge >= 0.3 is 0 Å². The number of rotatable bonds is 7. The van der Waals surface area contributed by atoms with E-state index in [2.05, 4.69) is 107 Å². The Bertz CT molecular complexity index is 2940. The first-order valence-corrected chi connectivity index (χ1v) is 18.3. The molecule has 10 aromatic rings. The molecule has 0 aliphatic rings. The van der Waals surface area contributed by atoms with E-state index < -0.39 is 0 Å². The number of anilines is 6. The maximum absolute atomic E-state index is 9.81. The molecule has 6 heteroatoms. The molecule has 0 N–H and O–H groups in total. The second-order valence-electron chi connectivity index (χ2n) is 13.5. The van der Waals surface area contributed by atoms with Gasteiger partial charge in [-0.2, -0.15) is 10.5 Å². The lowest BCUT2D eigenvalue weighted by atomic mass is 10.0. The topological polar surface area (TPSA) is 80.3 Å². The van der Waals surface area contributed by atoms with Gasteiger partial charge in [0.05, 0.1) is 22.5 Å². The number of para-hydroxylation sites is 6. The molecule has 0 bridgehead atoms. The lowest BCUT2D eigenvalue weighted by Gasteiger charge is -2.26. The molecule has 0 saturated heterocycles. The predicted molar refractivity (Wildman–Crippen MR) is 225 cm³/mol. The zero-order valence-corrected chi connectivity index (χ0v) is 29.9. The Morgan fingerprint density at radius 3 is 1.04 bits per heavy atom. The van der Waals surface area contributed by atoms with Crippen LogP contribution in [0.2, 0.25) is 0 Å². The third-order valence-electron chi connectivity index (χ3n) is 10.3. The molecule has 0 spiro atoms. The van der Waals surface area contributed by atoms with Gasteiger partial charge in [-0.15, -0.1) is 0 Å². The van der Waals surface area contributed by atoms with Gasteiger partial charge in [0.25, 0.3) is 0 Å². The fourth-order valence-electron chi connectivity index (χ4n) is 7.75. The van der Waals surface area contributed by atoms with E-state index >= 15 is 0 Å². The van der Waals surface area contributed by atoms with Gasteiger partial charge in [0, 0.05) is 44.3 Å². The van der Waals surface area contributed by atoms with E-state index in [1.165, 1.54) is 0 Å². The summed E-state index contributed by atoms with van der Waals surface area (Å²) < 4.78 is 13.0. The number of nitrogens with zero attached hydrogens (tertiary/aromatic N) is 4. The molecule has 8 aromatic carbocycles. The number of furan rings is 2. The molecule has 2 aromatic heterocycles. The molecule has 2 heterocycles. The van der Waals surface area contributed by atoms with Crippen LogP contribution in [0.25, 0.3) is 55.0 Å². The summed E-state index contributed by atoms with van der Waals surface area (Å²) in [5.74, 6) is 0. The van der Waals surface area contributed by atoms with Crippen LogP contribution in [0.15, 0.2) is 191 Å². The maximum Gasteiger partial charge on any atom is 0.159 e. The zero-order valence-electron chi connectivity index (χ0n) is 29.9. The van der Waals surface area contributed by atoms with E-state index in [-0.39, 0.29) is 0 Å². The molecular weight excluding hydrogens is 689 g/mol. The highest BCUT2D eigenvalue weighted by Gasteiger charge is 2.22. The molecule has 6 nitrogen and oxygen atoms in total. The average molecular weight is 719 g/mol. The van der Waals surface area contributed by atoms with Crippen LogP contribution in [0, 0.1) is 22.7 Å². The van der Waals surface area contributed by atoms with Crippen LogP contribution in [0.3, 0.4) is 0 Å². The minimum atomic E-state index is 0.513. The summed E-state index contributed by atoms with van der Waals surface area (Å²) in [7, 11) is 0. The van der Waals surface area contributed by atoms with Gasteiger partial charge in [-0.3, -0.25) is 0 Å². The Hall–Kier alpha value is -8.06. The molecule has 0 amide bonds. The monoisotopic (exact) mass is 718 g/mol. The smallest absolute Gasteiger partial charge is 0.159 e. The molecule has 0 radical (unpaired) electrons. The Morgan fingerprint density at radius 2 is 0.661 bits per heavy atom. The Balaban J connectivity index is 1.04. The summed E-state index contributed by atoms with van der Waals surface area (Å²) >= 11 is 0. The van der Waals surface area contributed by atoms with Crippen LogP contribution >= 0.6 is 0 Å². The quantitative estimate of drug-likeness (QED) is 0.163. The van der Waals surface area contributed by atoms with Crippen LogP contribution in [0.4, 0.5) is 34.1 Å². The summed E-state index contributed by atoms with van der Waals surface area (Å²) in [6, 6.07) is 65.8. The number of nitriles is 2. The first-order valence-electron chi connectivity index (χ1n) is 18.3. The van der Waals surface area contributed by atoms with Crippen molar-refractivity contribution in [2.24, 2.45) is 0 Å². The van der Waals surface area contributed by atoms with Crippen molar-refractivity contribution in [2.75, 3.05) is 9.80 Å². The zero-order chi connectivity index (χ0) is 37.6. The van der Waals surface area contributed by atoms with Gasteiger partial charge in [-0.1, -0.05) is 109 Å². The largest absolute Gasteiger partial charge is 0.452 e. The Labute approximate surface area is 322 Å². The molecule has 0 fully saturated rings. The lowest BCUT2D eigenvalue weighted by molar-refractivity contribution is 0.667. The van der Waals surface area contributed by atoms with Crippen LogP contribution < -0.4 is 9.80 Å². The summed E-state index contributed by atoms with van der Waals surface area (Å²) in [6.07, 6.45) is 0. The molecule has 262 valence electrons. The minimum absolute atomic E-state index is 0.513. The third kappa shape index (κ3) is 5.33. The average Bonchev–Trinajstić information content (AvgIpc) is 3.85. The van der Waals surface area contributed by atoms with Crippen LogP contribution in [0.1, 0.15) is 11.1 Å². The van der Waals surface area contributed by atoms with Crippen LogP contribution in [-0.4, -0.2) is 0 Å². The molecule has 0 aliphatic carbocycles. The summed E-state index contributed by atoms with van der Waals surface area (Å²) in [5.41, 5.74) is 11.5. The molecule has 56 heavy (non-hydrogen) atoms. The van der Waals surface area contributed by atoms with Gasteiger partial charge in [-0.25, -0.2) is 0 Å². The predicted octanol–water partition coefficient (Wildman–Crippen LogP) is 13.8. The Kier molecular flexibility index (Phi) is 7.80. The van der Waals surface area contributed by atoms with Gasteiger partial charge < -0.3 is 18.6 Å². The van der Waals surface area contributed by atoms with Gasteiger partial charge in [0.2, 0.25) is 0 Å². The van der Waals surface area contributed by atoms with Gasteiger partial charge in [0.15, 0.2) is 22.3 Å². The molecule has 0 unspecified atom stereocenters. The Morgan fingerprint density at radius 1 is 0.321 bits per heavy atom. The fraction of sp³-hybridized carbons (Fsp3) is 0.